The lowest BCUT2D eigenvalue weighted by Crippen LogP contribution is -2.33. The van der Waals surface area contributed by atoms with Crippen LogP contribution in [-0.2, 0) is 5.41 Å². The largest absolute Gasteiger partial charge is 0.486 e. The lowest BCUT2D eigenvalue weighted by molar-refractivity contribution is 0.0809. The Morgan fingerprint density at radius 3 is 2.47 bits per heavy atom. The van der Waals surface area contributed by atoms with E-state index in [1.165, 1.54) is 0 Å². The van der Waals surface area contributed by atoms with Crippen LogP contribution in [0.1, 0.15) is 70.2 Å². The number of ether oxygens (including phenoxy) is 1. The number of Topliss-reactive ketones (excluding diaryl/α,β-unsaturated/α-hetero) is 2. The first kappa shape index (κ1) is 19.3. The highest BCUT2D eigenvalue weighted by atomic mass is 79.9. The summed E-state index contributed by atoms with van der Waals surface area (Å²) >= 11 is 3.44. The van der Waals surface area contributed by atoms with Crippen LogP contribution < -0.4 is 4.74 Å². The zero-order valence-electron chi connectivity index (χ0n) is 17.0. The van der Waals surface area contributed by atoms with Crippen LogP contribution in [0, 0.1) is 6.92 Å². The Morgan fingerprint density at radius 2 is 1.73 bits per heavy atom. The maximum absolute atomic E-state index is 13.3. The van der Waals surface area contributed by atoms with Crippen LogP contribution >= 0.6 is 15.9 Å². The number of aryl methyl sites for hydroxylation is 1. The Kier molecular flexibility index (Phi) is 4.30. The van der Waals surface area contributed by atoms with Crippen molar-refractivity contribution < 1.29 is 18.7 Å². The van der Waals surface area contributed by atoms with Crippen molar-refractivity contribution in [1.29, 1.82) is 0 Å². The van der Waals surface area contributed by atoms with E-state index in [0.717, 1.165) is 34.2 Å². The van der Waals surface area contributed by atoms with Gasteiger partial charge in [0.1, 0.15) is 17.6 Å². The summed E-state index contributed by atoms with van der Waals surface area (Å²) < 4.78 is 13.1. The highest BCUT2D eigenvalue weighted by molar-refractivity contribution is 9.10. The molecule has 152 valence electrons. The molecule has 0 N–H and O–H groups in total. The van der Waals surface area contributed by atoms with Gasteiger partial charge in [-0.15, -0.1) is 0 Å². The Hall–Kier alpha value is -2.66. The number of hydrogen-bond donors (Lipinski definition) is 0. The van der Waals surface area contributed by atoms with Gasteiger partial charge in [0.15, 0.2) is 0 Å². The molecule has 30 heavy (non-hydrogen) atoms. The number of carbonyl (C=O) groups excluding carboxylic acids is 2. The van der Waals surface area contributed by atoms with E-state index in [2.05, 4.69) is 35.8 Å². The quantitative estimate of drug-likeness (QED) is 0.401. The smallest absolute Gasteiger partial charge is 0.237 e. The third kappa shape index (κ3) is 2.79. The Labute approximate surface area is 183 Å². The van der Waals surface area contributed by atoms with Crippen molar-refractivity contribution in [2.24, 2.45) is 0 Å². The molecular formula is C25H21BrO4. The second-order valence-corrected chi connectivity index (χ2v) is 9.63. The first-order chi connectivity index (χ1) is 14.3. The SMILES string of the molecule is Cc1coc2c1C(=O)C(=O)c1c-2ccc2c1C(Oc1ccc(Br)cc1)CCC2(C)C. The minimum absolute atomic E-state index is 0.118. The van der Waals surface area contributed by atoms with Crippen LogP contribution in [-0.4, -0.2) is 11.6 Å². The minimum Gasteiger partial charge on any atom is -0.486 e. The predicted molar refractivity (Wildman–Crippen MR) is 117 cm³/mol. The molecule has 1 atom stereocenters. The second-order valence-electron chi connectivity index (χ2n) is 8.71. The maximum atomic E-state index is 13.3. The molecule has 0 saturated heterocycles. The first-order valence-electron chi connectivity index (χ1n) is 10.0. The highest BCUT2D eigenvalue weighted by Crippen LogP contribution is 2.49. The molecule has 1 aromatic heterocycles. The monoisotopic (exact) mass is 464 g/mol. The molecule has 5 heteroatoms. The number of carbonyl (C=O) groups is 2. The molecule has 0 aliphatic heterocycles. The molecule has 3 aromatic rings. The van der Waals surface area contributed by atoms with Gasteiger partial charge in [0.05, 0.1) is 11.8 Å². The molecule has 2 aliphatic rings. The van der Waals surface area contributed by atoms with Crippen LogP contribution in [0.25, 0.3) is 11.3 Å². The molecule has 0 bridgehead atoms. The van der Waals surface area contributed by atoms with Crippen molar-refractivity contribution in [2.75, 3.05) is 0 Å². The standard InChI is InChI=1S/C25H21BrO4/c1-13-12-29-24-16-8-9-17-21(20(16)23(28)22(27)19(13)24)18(10-11-25(17,2)3)30-15-6-4-14(26)5-7-15/h4-9,12,18H,10-11H2,1-3H3. The summed E-state index contributed by atoms with van der Waals surface area (Å²) in [5.74, 6) is 0.250. The molecule has 0 radical (unpaired) electrons. The number of benzene rings is 2. The average molecular weight is 465 g/mol. The fraction of sp³-hybridized carbons (Fsp3) is 0.280. The van der Waals surface area contributed by atoms with E-state index in [0.29, 0.717) is 28.0 Å². The number of furan rings is 1. The zero-order valence-corrected chi connectivity index (χ0v) is 18.6. The molecule has 0 spiro atoms. The van der Waals surface area contributed by atoms with Gasteiger partial charge in [-0.05, 0) is 60.6 Å². The van der Waals surface area contributed by atoms with Gasteiger partial charge in [0.2, 0.25) is 11.6 Å². The summed E-state index contributed by atoms with van der Waals surface area (Å²) in [7, 11) is 0. The molecule has 0 fully saturated rings. The van der Waals surface area contributed by atoms with Crippen molar-refractivity contribution in [3.63, 3.8) is 0 Å². The summed E-state index contributed by atoms with van der Waals surface area (Å²) in [4.78, 5) is 26.3. The Morgan fingerprint density at radius 1 is 1.03 bits per heavy atom. The van der Waals surface area contributed by atoms with Crippen molar-refractivity contribution in [2.45, 2.75) is 45.1 Å². The van der Waals surface area contributed by atoms with Gasteiger partial charge >= 0.3 is 0 Å². The van der Waals surface area contributed by atoms with E-state index in [9.17, 15) is 9.59 Å². The van der Waals surface area contributed by atoms with Crippen LogP contribution in [0.3, 0.4) is 0 Å². The topological polar surface area (TPSA) is 56.5 Å². The van der Waals surface area contributed by atoms with Crippen molar-refractivity contribution >= 4 is 27.5 Å². The van der Waals surface area contributed by atoms with Crippen molar-refractivity contribution in [3.05, 3.63) is 75.0 Å². The predicted octanol–water partition coefficient (Wildman–Crippen LogP) is 6.59. The molecule has 5 rings (SSSR count). The third-order valence-electron chi connectivity index (χ3n) is 6.30. The fourth-order valence-electron chi connectivity index (χ4n) is 4.70. The summed E-state index contributed by atoms with van der Waals surface area (Å²) in [5, 5.41) is 0. The Balaban J connectivity index is 1.72. The molecule has 1 unspecified atom stereocenters. The van der Waals surface area contributed by atoms with E-state index in [1.54, 1.807) is 13.2 Å². The maximum Gasteiger partial charge on any atom is 0.237 e. The van der Waals surface area contributed by atoms with Crippen LogP contribution in [0.5, 0.6) is 5.75 Å². The highest BCUT2D eigenvalue weighted by Gasteiger charge is 2.43. The van der Waals surface area contributed by atoms with Gasteiger partial charge in [-0.3, -0.25) is 9.59 Å². The normalized spacial score (nSPS) is 19.1. The number of rotatable bonds is 2. The minimum atomic E-state index is -0.497. The molecule has 1 heterocycles. The van der Waals surface area contributed by atoms with Crippen molar-refractivity contribution in [1.82, 2.24) is 0 Å². The van der Waals surface area contributed by atoms with Crippen LogP contribution in [0.15, 0.2) is 51.6 Å². The number of fused-ring (bicyclic) bond motifs is 5. The van der Waals surface area contributed by atoms with Gasteiger partial charge < -0.3 is 9.15 Å². The molecule has 0 amide bonds. The van der Waals surface area contributed by atoms with Gasteiger partial charge in [0.25, 0.3) is 0 Å². The number of ketones is 2. The van der Waals surface area contributed by atoms with Gasteiger partial charge in [-0.1, -0.05) is 41.9 Å². The van der Waals surface area contributed by atoms with E-state index >= 15 is 0 Å². The van der Waals surface area contributed by atoms with E-state index in [4.69, 9.17) is 9.15 Å². The van der Waals surface area contributed by atoms with E-state index in [-0.39, 0.29) is 11.5 Å². The van der Waals surface area contributed by atoms with Crippen LogP contribution in [0.2, 0.25) is 0 Å². The van der Waals surface area contributed by atoms with Crippen LogP contribution in [0.4, 0.5) is 0 Å². The average Bonchev–Trinajstić information content (AvgIpc) is 3.11. The third-order valence-corrected chi connectivity index (χ3v) is 6.83. The number of hydrogen-bond acceptors (Lipinski definition) is 4. The molecule has 0 saturated carbocycles. The molecule has 2 aliphatic carbocycles. The fourth-order valence-corrected chi connectivity index (χ4v) is 4.96. The second kappa shape index (κ2) is 6.67. The van der Waals surface area contributed by atoms with Gasteiger partial charge in [-0.2, -0.15) is 0 Å². The molecule has 2 aromatic carbocycles. The summed E-state index contributed by atoms with van der Waals surface area (Å²) in [6.07, 6.45) is 2.92. The van der Waals surface area contributed by atoms with Crippen molar-refractivity contribution in [3.8, 4) is 17.1 Å². The van der Waals surface area contributed by atoms with E-state index in [1.807, 2.05) is 30.3 Å². The first-order valence-corrected chi connectivity index (χ1v) is 10.8. The molecule has 4 nitrogen and oxygen atoms in total. The zero-order chi connectivity index (χ0) is 21.2. The number of halogens is 1. The molecular weight excluding hydrogens is 444 g/mol. The van der Waals surface area contributed by atoms with Gasteiger partial charge in [0, 0.05) is 21.2 Å². The lowest BCUT2D eigenvalue weighted by atomic mass is 9.68. The lowest BCUT2D eigenvalue weighted by Gasteiger charge is -2.39. The summed E-state index contributed by atoms with van der Waals surface area (Å²) in [5.41, 5.74) is 3.96. The Bertz CT molecular complexity index is 1200. The summed E-state index contributed by atoms with van der Waals surface area (Å²) in [6, 6.07) is 11.6. The van der Waals surface area contributed by atoms with Gasteiger partial charge in [-0.25, -0.2) is 0 Å². The van der Waals surface area contributed by atoms with E-state index < -0.39 is 11.6 Å². The summed E-state index contributed by atoms with van der Waals surface area (Å²) in [6.45, 7) is 6.14.